The summed E-state index contributed by atoms with van der Waals surface area (Å²) in [6.07, 6.45) is 0.788. The number of nitrogens with zero attached hydrogens (tertiary/aromatic N) is 3. The summed E-state index contributed by atoms with van der Waals surface area (Å²) in [7, 11) is 0. The van der Waals surface area contributed by atoms with Gasteiger partial charge < -0.3 is 5.32 Å². The smallest absolute Gasteiger partial charge is 0.204 e. The van der Waals surface area contributed by atoms with Gasteiger partial charge >= 0.3 is 0 Å². The lowest BCUT2D eigenvalue weighted by molar-refractivity contribution is 0.881. The van der Waals surface area contributed by atoms with Crippen LogP contribution in [0.2, 0.25) is 0 Å². The first-order chi connectivity index (χ1) is 7.33. The van der Waals surface area contributed by atoms with E-state index in [9.17, 15) is 0 Å². The van der Waals surface area contributed by atoms with Crippen LogP contribution in [0.3, 0.4) is 0 Å². The molecule has 0 bridgehead atoms. The molecule has 15 heavy (non-hydrogen) atoms. The number of rotatable bonds is 1. The third-order valence-corrected chi connectivity index (χ3v) is 2.58. The van der Waals surface area contributed by atoms with Crippen LogP contribution in [0, 0.1) is 0 Å². The molecular weight excluding hydrogens is 210 g/mol. The molecule has 0 fully saturated rings. The Bertz CT molecular complexity index is 519. The Hall–Kier alpha value is -1.82. The van der Waals surface area contributed by atoms with E-state index >= 15 is 0 Å². The molecular formula is C9H7N5S. The van der Waals surface area contributed by atoms with Crippen LogP contribution in [0.25, 0.3) is 11.4 Å². The zero-order chi connectivity index (χ0) is 10.3. The van der Waals surface area contributed by atoms with Crippen molar-refractivity contribution in [3.63, 3.8) is 0 Å². The van der Waals surface area contributed by atoms with Gasteiger partial charge in [0.1, 0.15) is 0 Å². The molecule has 0 saturated carbocycles. The molecule has 1 aliphatic heterocycles. The van der Waals surface area contributed by atoms with Crippen molar-refractivity contribution >= 4 is 22.9 Å². The van der Waals surface area contributed by atoms with Crippen LogP contribution in [0.5, 0.6) is 0 Å². The molecule has 0 amide bonds. The van der Waals surface area contributed by atoms with E-state index in [1.807, 2.05) is 18.2 Å². The predicted molar refractivity (Wildman–Crippen MR) is 59.5 cm³/mol. The second-order valence-corrected chi connectivity index (χ2v) is 3.83. The van der Waals surface area contributed by atoms with Crippen LogP contribution in [0.15, 0.2) is 18.2 Å². The number of nitrogens with one attached hydrogen (secondary N) is 2. The lowest BCUT2D eigenvalue weighted by Crippen LogP contribution is -2.00. The Kier molecular flexibility index (Phi) is 1.75. The molecule has 2 N–H and O–H groups in total. The van der Waals surface area contributed by atoms with E-state index < -0.39 is 0 Å². The minimum absolute atomic E-state index is 0.607. The molecule has 0 atom stereocenters. The Morgan fingerprint density at radius 1 is 1.33 bits per heavy atom. The first-order valence-electron chi connectivity index (χ1n) is 4.49. The average molecular weight is 217 g/mol. The van der Waals surface area contributed by atoms with Gasteiger partial charge in [-0.2, -0.15) is 5.21 Å². The molecule has 1 aliphatic rings. The summed E-state index contributed by atoms with van der Waals surface area (Å²) >= 11 is 5.11. The van der Waals surface area contributed by atoms with Crippen molar-refractivity contribution in [3.8, 4) is 11.4 Å². The van der Waals surface area contributed by atoms with E-state index in [4.69, 9.17) is 12.2 Å². The summed E-state index contributed by atoms with van der Waals surface area (Å²) < 4.78 is 0. The van der Waals surface area contributed by atoms with E-state index in [0.29, 0.717) is 5.82 Å². The number of fused-ring (bicyclic) bond motifs is 1. The molecule has 0 saturated heterocycles. The topological polar surface area (TPSA) is 66.5 Å². The lowest BCUT2D eigenvalue weighted by Gasteiger charge is -1.99. The van der Waals surface area contributed by atoms with Gasteiger partial charge in [-0.1, -0.05) is 12.2 Å². The Morgan fingerprint density at radius 2 is 2.27 bits per heavy atom. The number of tetrazole rings is 1. The van der Waals surface area contributed by atoms with Crippen molar-refractivity contribution in [1.29, 1.82) is 0 Å². The van der Waals surface area contributed by atoms with E-state index in [-0.39, 0.29) is 0 Å². The van der Waals surface area contributed by atoms with Crippen LogP contribution in [0.1, 0.15) is 5.56 Å². The third kappa shape index (κ3) is 1.39. The highest BCUT2D eigenvalue weighted by atomic mass is 32.1. The molecule has 6 heteroatoms. The summed E-state index contributed by atoms with van der Waals surface area (Å²) in [5, 5.41) is 17.0. The molecule has 0 radical (unpaired) electrons. The maximum Gasteiger partial charge on any atom is 0.204 e. The van der Waals surface area contributed by atoms with Crippen LogP contribution in [-0.4, -0.2) is 25.6 Å². The van der Waals surface area contributed by atoms with Crippen LogP contribution >= 0.6 is 12.2 Å². The summed E-state index contributed by atoms with van der Waals surface area (Å²) in [4.78, 5) is 0.857. The van der Waals surface area contributed by atoms with Gasteiger partial charge in [-0.3, -0.25) is 0 Å². The summed E-state index contributed by atoms with van der Waals surface area (Å²) in [6, 6.07) is 5.97. The fourth-order valence-electron chi connectivity index (χ4n) is 1.65. The fourth-order valence-corrected chi connectivity index (χ4v) is 1.92. The number of H-pyrrole nitrogens is 1. The predicted octanol–water partition coefficient (Wildman–Crippen LogP) is 1.16. The van der Waals surface area contributed by atoms with Gasteiger partial charge in [0.15, 0.2) is 0 Å². The van der Waals surface area contributed by atoms with Gasteiger partial charge in [0.25, 0.3) is 0 Å². The first kappa shape index (κ1) is 8.49. The summed E-state index contributed by atoms with van der Waals surface area (Å²) in [6.45, 7) is 0. The quantitative estimate of drug-likeness (QED) is 0.702. The van der Waals surface area contributed by atoms with Crippen molar-refractivity contribution in [1.82, 2.24) is 20.6 Å². The Balaban J connectivity index is 2.07. The molecule has 3 rings (SSSR count). The minimum atomic E-state index is 0.607. The number of thiocarbonyl (C=S) groups is 1. The van der Waals surface area contributed by atoms with Gasteiger partial charge in [-0.05, 0) is 29.0 Å². The fraction of sp³-hybridized carbons (Fsp3) is 0.111. The minimum Gasteiger partial charge on any atom is -0.350 e. The molecule has 0 aliphatic carbocycles. The van der Waals surface area contributed by atoms with E-state index in [1.165, 1.54) is 5.56 Å². The second kappa shape index (κ2) is 3.09. The first-order valence-corrected chi connectivity index (χ1v) is 4.90. The van der Waals surface area contributed by atoms with Crippen molar-refractivity contribution in [2.75, 3.05) is 5.32 Å². The monoisotopic (exact) mass is 217 g/mol. The zero-order valence-corrected chi connectivity index (χ0v) is 8.51. The highest BCUT2D eigenvalue weighted by Gasteiger charge is 2.15. The summed E-state index contributed by atoms with van der Waals surface area (Å²) in [5.41, 5.74) is 3.21. The molecule has 1 aromatic carbocycles. The largest absolute Gasteiger partial charge is 0.350 e. The summed E-state index contributed by atoms with van der Waals surface area (Å²) in [5.74, 6) is 0.607. The van der Waals surface area contributed by atoms with E-state index in [0.717, 1.165) is 22.7 Å². The van der Waals surface area contributed by atoms with Crippen LogP contribution < -0.4 is 5.32 Å². The Labute approximate surface area is 90.9 Å². The van der Waals surface area contributed by atoms with Gasteiger partial charge in [0.05, 0.1) is 4.99 Å². The molecule has 1 aromatic heterocycles. The zero-order valence-electron chi connectivity index (χ0n) is 7.69. The molecule has 0 unspecified atom stereocenters. The molecule has 0 spiro atoms. The maximum absolute atomic E-state index is 5.11. The third-order valence-electron chi connectivity index (χ3n) is 2.33. The van der Waals surface area contributed by atoms with Crippen LogP contribution in [0.4, 0.5) is 5.69 Å². The van der Waals surface area contributed by atoms with Gasteiger partial charge in [-0.15, -0.1) is 10.2 Å². The maximum atomic E-state index is 5.11. The SMILES string of the molecule is S=C1Cc2cc(-c3nn[nH]n3)ccc2N1. The normalized spacial score (nSPS) is 13.7. The Morgan fingerprint density at radius 3 is 3.07 bits per heavy atom. The molecule has 74 valence electrons. The highest BCUT2D eigenvalue weighted by Crippen LogP contribution is 2.27. The van der Waals surface area contributed by atoms with Crippen LogP contribution in [-0.2, 0) is 6.42 Å². The van der Waals surface area contributed by atoms with Crippen molar-refractivity contribution in [2.24, 2.45) is 0 Å². The lowest BCUT2D eigenvalue weighted by atomic mass is 10.1. The number of aromatic amines is 1. The molecule has 2 aromatic rings. The standard InChI is InChI=1S/C9H7N5S/c15-8-4-6-3-5(1-2-7(6)10-8)9-11-13-14-12-9/h1-3H,4H2,(H,10,15)(H,11,12,13,14). The molecule has 2 heterocycles. The highest BCUT2D eigenvalue weighted by molar-refractivity contribution is 7.80. The van der Waals surface area contributed by atoms with Gasteiger partial charge in [0, 0.05) is 17.7 Å². The number of anilines is 1. The van der Waals surface area contributed by atoms with Crippen molar-refractivity contribution in [2.45, 2.75) is 6.42 Å². The number of aromatic nitrogens is 4. The number of hydrogen-bond acceptors (Lipinski definition) is 4. The molecule has 5 nitrogen and oxygen atoms in total. The second-order valence-electron chi connectivity index (χ2n) is 3.33. The van der Waals surface area contributed by atoms with E-state index in [2.05, 4.69) is 25.9 Å². The van der Waals surface area contributed by atoms with Crippen molar-refractivity contribution < 1.29 is 0 Å². The van der Waals surface area contributed by atoms with Gasteiger partial charge in [0.2, 0.25) is 5.82 Å². The van der Waals surface area contributed by atoms with Crippen molar-refractivity contribution in [3.05, 3.63) is 23.8 Å². The average Bonchev–Trinajstić information content (AvgIpc) is 2.82. The number of hydrogen-bond donors (Lipinski definition) is 2. The van der Waals surface area contributed by atoms with E-state index in [1.54, 1.807) is 0 Å². The number of benzene rings is 1. The van der Waals surface area contributed by atoms with Gasteiger partial charge in [-0.25, -0.2) is 0 Å².